The first kappa shape index (κ1) is 31.2. The molecule has 232 valence electrons. The van der Waals surface area contributed by atoms with E-state index in [2.05, 4.69) is 46.4 Å². The largest absolute Gasteiger partial charge is 0.481 e. The molecule has 2 aliphatic carbocycles. The Balaban J connectivity index is 0.000000204. The molecule has 1 aliphatic heterocycles. The summed E-state index contributed by atoms with van der Waals surface area (Å²) in [6.07, 6.45) is 8.81. The molecule has 2 aromatic carbocycles. The van der Waals surface area contributed by atoms with E-state index in [1.54, 1.807) is 0 Å². The number of anilines is 1. The molecule has 9 heteroatoms. The van der Waals surface area contributed by atoms with Crippen molar-refractivity contribution >= 4 is 29.2 Å². The van der Waals surface area contributed by atoms with Gasteiger partial charge in [-0.25, -0.2) is 9.98 Å². The van der Waals surface area contributed by atoms with E-state index < -0.39 is 11.6 Å². The summed E-state index contributed by atoms with van der Waals surface area (Å²) in [4.78, 5) is 35.4. The molecule has 0 unspecified atom stereocenters. The molecular weight excluding hydrogens is 556 g/mol. The van der Waals surface area contributed by atoms with Crippen molar-refractivity contribution in [2.24, 2.45) is 16.8 Å². The lowest BCUT2D eigenvalue weighted by Gasteiger charge is -2.32. The first-order valence-electron chi connectivity index (χ1n) is 15.5. The van der Waals surface area contributed by atoms with Gasteiger partial charge in [0.1, 0.15) is 11.9 Å². The van der Waals surface area contributed by atoms with Crippen molar-refractivity contribution in [1.29, 1.82) is 0 Å². The Hall–Kier alpha value is -4.27. The number of esters is 1. The summed E-state index contributed by atoms with van der Waals surface area (Å²) in [5.41, 5.74) is 10.2. The van der Waals surface area contributed by atoms with Crippen LogP contribution in [0.2, 0.25) is 0 Å². The minimum absolute atomic E-state index is 0.0356. The number of ether oxygens (including phenoxy) is 2. The zero-order valence-electron chi connectivity index (χ0n) is 25.7. The highest BCUT2D eigenvalue weighted by atomic mass is 16.5. The van der Waals surface area contributed by atoms with Gasteiger partial charge in [-0.05, 0) is 88.2 Å². The first-order valence-corrected chi connectivity index (χ1v) is 15.5. The number of rotatable bonds is 5. The van der Waals surface area contributed by atoms with Crippen LogP contribution in [0.25, 0.3) is 0 Å². The number of carbonyl (C=O) groups is 2. The minimum atomic E-state index is -0.671. The number of nitrogens with zero attached hydrogens (tertiary/aromatic N) is 3. The SMILES string of the molecule is CC1(C)Oc2ncnc(N)c2N=C1c1ccc(C2CCC(C(=O)O)CC2)cc1.COC(=O)C1CCC(c2ccccc2)CC1. The van der Waals surface area contributed by atoms with E-state index in [9.17, 15) is 14.7 Å². The molecule has 1 aromatic heterocycles. The Morgan fingerprint density at radius 3 is 1.98 bits per heavy atom. The standard InChI is InChI=1S/C21H24N4O3.C14H18O2/c1-21(2)17(25-16-18(22)23-11-24-19(16)28-21)14-7-3-12(4-8-14)13-5-9-15(10-6-13)20(26)27;1-16-14(15)13-9-7-12(8-10-13)11-5-3-2-4-6-11/h3-4,7-8,11,13,15H,5-6,9-10H2,1-2H3,(H,26,27)(H2,22,23,24);2-6,12-13H,7-10H2,1H3. The van der Waals surface area contributed by atoms with Gasteiger partial charge in [-0.2, -0.15) is 4.98 Å². The fraction of sp³-hybridized carbons (Fsp3) is 0.457. The molecule has 0 bridgehead atoms. The number of nitrogen functional groups attached to an aromatic ring is 1. The summed E-state index contributed by atoms with van der Waals surface area (Å²) in [7, 11) is 1.48. The fourth-order valence-electron chi connectivity index (χ4n) is 6.64. The highest BCUT2D eigenvalue weighted by Gasteiger charge is 2.35. The van der Waals surface area contributed by atoms with Crippen LogP contribution >= 0.6 is 0 Å². The molecule has 0 saturated heterocycles. The van der Waals surface area contributed by atoms with Gasteiger partial charge in [-0.1, -0.05) is 54.6 Å². The zero-order chi connectivity index (χ0) is 31.3. The number of hydrogen-bond donors (Lipinski definition) is 2. The number of aliphatic imine (C=N–C) groups is 1. The highest BCUT2D eigenvalue weighted by molar-refractivity contribution is 6.09. The molecular formula is C35H42N4O5. The van der Waals surface area contributed by atoms with Gasteiger partial charge >= 0.3 is 11.9 Å². The molecule has 2 fully saturated rings. The van der Waals surface area contributed by atoms with Crippen LogP contribution in [-0.4, -0.2) is 45.4 Å². The van der Waals surface area contributed by atoms with E-state index in [-0.39, 0.29) is 17.8 Å². The molecule has 2 heterocycles. The molecule has 0 spiro atoms. The van der Waals surface area contributed by atoms with E-state index in [0.29, 0.717) is 29.2 Å². The lowest BCUT2D eigenvalue weighted by atomic mass is 9.78. The molecule has 3 aliphatic rings. The van der Waals surface area contributed by atoms with Crippen LogP contribution in [0.1, 0.15) is 93.7 Å². The van der Waals surface area contributed by atoms with Gasteiger partial charge in [0.2, 0.25) is 5.88 Å². The predicted octanol–water partition coefficient (Wildman–Crippen LogP) is 6.84. The van der Waals surface area contributed by atoms with Crippen molar-refractivity contribution in [2.75, 3.05) is 12.8 Å². The smallest absolute Gasteiger partial charge is 0.308 e. The molecule has 9 nitrogen and oxygen atoms in total. The zero-order valence-corrected chi connectivity index (χ0v) is 25.7. The van der Waals surface area contributed by atoms with Crippen LogP contribution in [0.15, 0.2) is 65.9 Å². The Bertz CT molecular complexity index is 1470. The van der Waals surface area contributed by atoms with Crippen LogP contribution in [0.5, 0.6) is 5.88 Å². The number of fused-ring (bicyclic) bond motifs is 1. The van der Waals surface area contributed by atoms with Gasteiger partial charge < -0.3 is 20.3 Å². The second-order valence-corrected chi connectivity index (χ2v) is 12.5. The summed E-state index contributed by atoms with van der Waals surface area (Å²) in [6, 6.07) is 18.9. The minimum Gasteiger partial charge on any atom is -0.481 e. The van der Waals surface area contributed by atoms with Gasteiger partial charge in [0, 0.05) is 5.56 Å². The maximum absolute atomic E-state index is 11.4. The molecule has 6 rings (SSSR count). The molecule has 2 saturated carbocycles. The molecule has 3 N–H and O–H groups in total. The average molecular weight is 599 g/mol. The summed E-state index contributed by atoms with van der Waals surface area (Å²) in [5.74, 6) is 0.955. The molecule has 0 radical (unpaired) electrons. The van der Waals surface area contributed by atoms with Crippen molar-refractivity contribution in [2.45, 2.75) is 82.7 Å². The number of hydrogen-bond acceptors (Lipinski definition) is 8. The van der Waals surface area contributed by atoms with Gasteiger partial charge in [-0.15, -0.1) is 0 Å². The second kappa shape index (κ2) is 13.6. The van der Waals surface area contributed by atoms with Crippen LogP contribution in [0.4, 0.5) is 11.5 Å². The Morgan fingerprint density at radius 1 is 0.841 bits per heavy atom. The van der Waals surface area contributed by atoms with Crippen molar-refractivity contribution < 1.29 is 24.2 Å². The summed E-state index contributed by atoms with van der Waals surface area (Å²) >= 11 is 0. The molecule has 3 aromatic rings. The van der Waals surface area contributed by atoms with E-state index in [4.69, 9.17) is 20.2 Å². The van der Waals surface area contributed by atoms with Crippen molar-refractivity contribution in [3.05, 3.63) is 77.6 Å². The third-order valence-electron chi connectivity index (χ3n) is 9.23. The summed E-state index contributed by atoms with van der Waals surface area (Å²) < 4.78 is 10.8. The van der Waals surface area contributed by atoms with Crippen LogP contribution in [-0.2, 0) is 14.3 Å². The number of carboxylic acids is 1. The number of aliphatic carboxylic acids is 1. The fourth-order valence-corrected chi connectivity index (χ4v) is 6.64. The van der Waals surface area contributed by atoms with E-state index >= 15 is 0 Å². The van der Waals surface area contributed by atoms with Crippen LogP contribution < -0.4 is 10.5 Å². The van der Waals surface area contributed by atoms with Crippen molar-refractivity contribution in [3.8, 4) is 5.88 Å². The number of nitrogens with two attached hydrogens (primary N) is 1. The maximum Gasteiger partial charge on any atom is 0.308 e. The van der Waals surface area contributed by atoms with Crippen molar-refractivity contribution in [3.63, 3.8) is 0 Å². The van der Waals surface area contributed by atoms with E-state index in [1.807, 2.05) is 32.0 Å². The number of aromatic nitrogens is 2. The van der Waals surface area contributed by atoms with Crippen LogP contribution in [0.3, 0.4) is 0 Å². The first-order chi connectivity index (χ1) is 21.2. The maximum atomic E-state index is 11.4. The number of methoxy groups -OCH3 is 1. The van der Waals surface area contributed by atoms with Crippen LogP contribution in [0, 0.1) is 11.8 Å². The normalized spacial score (nSPS) is 23.9. The monoisotopic (exact) mass is 598 g/mol. The number of benzene rings is 2. The van der Waals surface area contributed by atoms with Gasteiger partial charge in [-0.3, -0.25) is 9.59 Å². The van der Waals surface area contributed by atoms with Gasteiger partial charge in [0.25, 0.3) is 0 Å². The van der Waals surface area contributed by atoms with Crippen molar-refractivity contribution in [1.82, 2.24) is 9.97 Å². The third kappa shape index (κ3) is 7.09. The van der Waals surface area contributed by atoms with Gasteiger partial charge in [0.05, 0.1) is 24.7 Å². The van der Waals surface area contributed by atoms with E-state index in [0.717, 1.165) is 62.6 Å². The predicted molar refractivity (Wildman–Crippen MR) is 169 cm³/mol. The molecule has 44 heavy (non-hydrogen) atoms. The number of carbonyl (C=O) groups excluding carboxylic acids is 1. The second-order valence-electron chi connectivity index (χ2n) is 12.5. The lowest BCUT2D eigenvalue weighted by Crippen LogP contribution is -2.41. The quantitative estimate of drug-likeness (QED) is 0.305. The summed E-state index contributed by atoms with van der Waals surface area (Å²) in [6.45, 7) is 3.91. The molecule has 0 amide bonds. The Labute approximate surface area is 258 Å². The topological polar surface area (TPSA) is 137 Å². The highest BCUT2D eigenvalue weighted by Crippen LogP contribution is 2.40. The molecule has 0 atom stereocenters. The lowest BCUT2D eigenvalue weighted by molar-refractivity contribution is -0.146. The summed E-state index contributed by atoms with van der Waals surface area (Å²) in [5, 5.41) is 9.17. The Kier molecular flexibility index (Phi) is 9.61. The van der Waals surface area contributed by atoms with Gasteiger partial charge in [0.15, 0.2) is 11.5 Å². The third-order valence-corrected chi connectivity index (χ3v) is 9.23. The Morgan fingerprint density at radius 2 is 1.41 bits per heavy atom. The number of carboxylic acid groups (broad SMARTS) is 1. The average Bonchev–Trinajstić information content (AvgIpc) is 3.05. The van der Waals surface area contributed by atoms with E-state index in [1.165, 1.54) is 24.6 Å².